The molecular weight excluding hydrogens is 594 g/mol. The molecule has 0 spiro atoms. The van der Waals surface area contributed by atoms with Crippen LogP contribution in [-0.2, 0) is 32.2 Å². The summed E-state index contributed by atoms with van der Waals surface area (Å²) < 4.78 is 18.3. The number of likely N-dealkylation sites (tertiary alicyclic amines) is 1. The molecule has 5 rings (SSSR count). The lowest BCUT2D eigenvalue weighted by atomic mass is 9.89. The average Bonchev–Trinajstić information content (AvgIpc) is 3.09. The summed E-state index contributed by atoms with van der Waals surface area (Å²) in [5, 5.41) is 15.0. The van der Waals surface area contributed by atoms with Gasteiger partial charge in [-0.2, -0.15) is 0 Å². The van der Waals surface area contributed by atoms with E-state index in [0.717, 1.165) is 53.0 Å². The summed E-state index contributed by atoms with van der Waals surface area (Å²) in [6, 6.07) is 23.8. The van der Waals surface area contributed by atoms with Crippen LogP contribution in [-0.4, -0.2) is 60.9 Å². The maximum Gasteiger partial charge on any atom is 0.325 e. The fourth-order valence-electron chi connectivity index (χ4n) is 6.46. The Labute approximate surface area is 278 Å². The Kier molecular flexibility index (Phi) is 12.8. The third-order valence-corrected chi connectivity index (χ3v) is 9.16. The van der Waals surface area contributed by atoms with Gasteiger partial charge in [-0.05, 0) is 60.7 Å². The molecule has 2 fully saturated rings. The van der Waals surface area contributed by atoms with Crippen molar-refractivity contribution in [2.75, 3.05) is 32.8 Å². The van der Waals surface area contributed by atoms with Crippen molar-refractivity contribution in [1.82, 2.24) is 15.5 Å². The smallest absolute Gasteiger partial charge is 0.325 e. The number of nitrogens with one attached hydrogen (secondary N) is 2. The van der Waals surface area contributed by atoms with Crippen molar-refractivity contribution in [3.63, 3.8) is 0 Å². The van der Waals surface area contributed by atoms with Crippen LogP contribution < -0.4 is 10.6 Å². The molecule has 3 N–H and O–H groups in total. The highest BCUT2D eigenvalue weighted by Crippen LogP contribution is 2.42. The number of amides is 2. The van der Waals surface area contributed by atoms with E-state index >= 15 is 0 Å². The highest BCUT2D eigenvalue weighted by Gasteiger charge is 2.39. The van der Waals surface area contributed by atoms with E-state index in [0.29, 0.717) is 6.54 Å². The van der Waals surface area contributed by atoms with E-state index in [2.05, 4.69) is 58.9 Å². The Hall–Kier alpha value is -3.76. The van der Waals surface area contributed by atoms with Crippen molar-refractivity contribution in [2.24, 2.45) is 5.92 Å². The van der Waals surface area contributed by atoms with Gasteiger partial charge in [0.1, 0.15) is 6.54 Å². The molecule has 4 atom stereocenters. The summed E-state index contributed by atoms with van der Waals surface area (Å²) in [5.41, 5.74) is 5.88. The number of benzene rings is 3. The standard InChI is InChI=1S/C38H49N3O6/c1-3-45-35(43)24-40-38(44)39-23-32-11-7-8-12-33(32)29-17-19-31(20-18-29)37-46-34(25-41-21-9-5-4-6-10-22-41)27(2)36(47-37)30-15-13-28(26-42)14-16-30/h7-8,11-20,27,34,36-37,42H,3-6,9-10,21-26H2,1-2H3,(H2,39,40,44). The topological polar surface area (TPSA) is 109 Å². The molecule has 0 bridgehead atoms. The van der Waals surface area contributed by atoms with Crippen molar-refractivity contribution < 1.29 is 28.9 Å². The van der Waals surface area contributed by atoms with Gasteiger partial charge in [0, 0.05) is 24.6 Å². The first-order valence-electron chi connectivity index (χ1n) is 17.0. The van der Waals surface area contributed by atoms with E-state index in [1.165, 1.54) is 32.1 Å². The molecule has 3 aromatic carbocycles. The van der Waals surface area contributed by atoms with Crippen LogP contribution in [0.4, 0.5) is 4.79 Å². The van der Waals surface area contributed by atoms with Crippen molar-refractivity contribution >= 4 is 12.0 Å². The van der Waals surface area contributed by atoms with Gasteiger partial charge in [0.05, 0.1) is 25.4 Å². The SMILES string of the molecule is CCOC(=O)CNC(=O)NCc1ccccc1-c1ccc(C2OC(CN3CCCCCCC3)C(C)C(c3ccc(CO)cc3)O2)cc1. The number of carbonyl (C=O) groups is 2. The Morgan fingerprint density at radius 2 is 1.55 bits per heavy atom. The largest absolute Gasteiger partial charge is 0.465 e. The predicted octanol–water partition coefficient (Wildman–Crippen LogP) is 6.27. The maximum atomic E-state index is 12.3. The van der Waals surface area contributed by atoms with Gasteiger partial charge in [-0.15, -0.1) is 0 Å². The first-order valence-corrected chi connectivity index (χ1v) is 17.0. The number of hydrogen-bond acceptors (Lipinski definition) is 7. The minimum atomic E-state index is -0.525. The third-order valence-electron chi connectivity index (χ3n) is 9.16. The van der Waals surface area contributed by atoms with E-state index in [1.807, 2.05) is 36.4 Å². The summed E-state index contributed by atoms with van der Waals surface area (Å²) in [4.78, 5) is 26.4. The van der Waals surface area contributed by atoms with Gasteiger partial charge in [0.2, 0.25) is 0 Å². The second-order valence-corrected chi connectivity index (χ2v) is 12.5. The molecule has 0 aliphatic carbocycles. The molecule has 9 nitrogen and oxygen atoms in total. The molecule has 2 saturated heterocycles. The Bertz CT molecular complexity index is 1420. The van der Waals surface area contributed by atoms with Crippen LogP contribution in [0.3, 0.4) is 0 Å². The van der Waals surface area contributed by atoms with Crippen molar-refractivity contribution in [3.8, 4) is 11.1 Å². The minimum absolute atomic E-state index is 0.00264. The van der Waals surface area contributed by atoms with E-state index in [4.69, 9.17) is 14.2 Å². The number of aliphatic hydroxyl groups is 1. The van der Waals surface area contributed by atoms with Gasteiger partial charge < -0.3 is 34.9 Å². The molecule has 47 heavy (non-hydrogen) atoms. The monoisotopic (exact) mass is 643 g/mol. The molecular formula is C38H49N3O6. The lowest BCUT2D eigenvalue weighted by Crippen LogP contribution is -2.45. The lowest BCUT2D eigenvalue weighted by Gasteiger charge is -2.43. The van der Waals surface area contributed by atoms with Crippen LogP contribution in [0.2, 0.25) is 0 Å². The highest BCUT2D eigenvalue weighted by molar-refractivity contribution is 5.81. The zero-order valence-corrected chi connectivity index (χ0v) is 27.7. The number of rotatable bonds is 11. The van der Waals surface area contributed by atoms with Crippen LogP contribution in [0.15, 0.2) is 72.8 Å². The molecule has 2 aliphatic rings. The van der Waals surface area contributed by atoms with E-state index in [-0.39, 0.29) is 37.9 Å². The first kappa shape index (κ1) is 34.6. The molecule has 0 aromatic heterocycles. The average molecular weight is 644 g/mol. The first-order chi connectivity index (χ1) is 22.9. The van der Waals surface area contributed by atoms with Gasteiger partial charge in [-0.3, -0.25) is 4.79 Å². The fraction of sp³-hybridized carbons (Fsp3) is 0.474. The molecule has 0 radical (unpaired) electrons. The fourth-order valence-corrected chi connectivity index (χ4v) is 6.46. The van der Waals surface area contributed by atoms with Gasteiger partial charge in [0.25, 0.3) is 0 Å². The molecule has 2 heterocycles. The van der Waals surface area contributed by atoms with Crippen LogP contribution in [0.5, 0.6) is 0 Å². The van der Waals surface area contributed by atoms with Crippen LogP contribution in [0.25, 0.3) is 11.1 Å². The zero-order chi connectivity index (χ0) is 33.0. The molecule has 2 amide bonds. The van der Waals surface area contributed by atoms with Gasteiger partial charge >= 0.3 is 12.0 Å². The maximum absolute atomic E-state index is 12.3. The molecule has 3 aromatic rings. The lowest BCUT2D eigenvalue weighted by molar-refractivity contribution is -0.276. The zero-order valence-electron chi connectivity index (χ0n) is 27.7. The Morgan fingerprint density at radius 1 is 0.872 bits per heavy atom. The van der Waals surface area contributed by atoms with Gasteiger partial charge in [-0.1, -0.05) is 99.0 Å². The molecule has 4 unspecified atom stereocenters. The van der Waals surface area contributed by atoms with E-state index < -0.39 is 18.3 Å². The summed E-state index contributed by atoms with van der Waals surface area (Å²) in [7, 11) is 0. The highest BCUT2D eigenvalue weighted by atomic mass is 16.7. The number of hydrogen-bond donors (Lipinski definition) is 3. The quantitative estimate of drug-likeness (QED) is 0.212. The minimum Gasteiger partial charge on any atom is -0.465 e. The summed E-state index contributed by atoms with van der Waals surface area (Å²) in [6.07, 6.45) is 5.68. The second kappa shape index (κ2) is 17.4. The van der Waals surface area contributed by atoms with Crippen LogP contribution >= 0.6 is 0 Å². The van der Waals surface area contributed by atoms with E-state index in [1.54, 1.807) is 6.92 Å². The molecule has 2 aliphatic heterocycles. The number of ether oxygens (including phenoxy) is 3. The normalized spacial score (nSPS) is 22.1. The van der Waals surface area contributed by atoms with Crippen LogP contribution in [0, 0.1) is 5.92 Å². The van der Waals surface area contributed by atoms with Crippen molar-refractivity contribution in [2.45, 2.75) is 77.6 Å². The number of esters is 1. The van der Waals surface area contributed by atoms with Crippen molar-refractivity contribution in [3.05, 3.63) is 95.1 Å². The predicted molar refractivity (Wildman–Crippen MR) is 181 cm³/mol. The Balaban J connectivity index is 1.31. The number of nitrogens with zero attached hydrogens (tertiary/aromatic N) is 1. The number of carbonyl (C=O) groups excluding carboxylic acids is 2. The van der Waals surface area contributed by atoms with Gasteiger partial charge in [-0.25, -0.2) is 4.79 Å². The van der Waals surface area contributed by atoms with Crippen LogP contribution in [0.1, 0.15) is 80.6 Å². The Morgan fingerprint density at radius 3 is 2.26 bits per heavy atom. The second-order valence-electron chi connectivity index (χ2n) is 12.5. The van der Waals surface area contributed by atoms with E-state index in [9.17, 15) is 14.7 Å². The summed E-state index contributed by atoms with van der Waals surface area (Å²) in [6.45, 7) is 7.42. The molecule has 0 saturated carbocycles. The molecule has 252 valence electrons. The number of urea groups is 1. The van der Waals surface area contributed by atoms with Gasteiger partial charge in [0.15, 0.2) is 6.29 Å². The summed E-state index contributed by atoms with van der Waals surface area (Å²) >= 11 is 0. The molecule has 9 heteroatoms. The number of aliphatic hydroxyl groups excluding tert-OH is 1. The third kappa shape index (κ3) is 9.64. The summed E-state index contributed by atoms with van der Waals surface area (Å²) in [5.74, 6) is -0.331. The van der Waals surface area contributed by atoms with Crippen molar-refractivity contribution in [1.29, 1.82) is 0 Å².